The van der Waals surface area contributed by atoms with Gasteiger partial charge in [0, 0.05) is 0 Å². The molecule has 0 spiro atoms. The standard InChI is InChI=1S/C11H7BrF7NO/c1-2-3(12)10(21)20-9-7(15)5(13)4(11(17,18)19)6(14)8(9)16/h3H,2H2,1H3,(H,20,21)/t3-/m0/s1. The van der Waals surface area contributed by atoms with E-state index in [4.69, 9.17) is 0 Å². The van der Waals surface area contributed by atoms with Crippen LogP contribution < -0.4 is 5.32 Å². The van der Waals surface area contributed by atoms with E-state index in [2.05, 4.69) is 15.9 Å². The van der Waals surface area contributed by atoms with Crippen LogP contribution >= 0.6 is 15.9 Å². The molecule has 0 fully saturated rings. The highest BCUT2D eigenvalue weighted by Crippen LogP contribution is 2.38. The Balaban J connectivity index is 3.42. The molecule has 0 aromatic heterocycles. The summed E-state index contributed by atoms with van der Waals surface area (Å²) in [4.78, 5) is 10.5. The first kappa shape index (κ1) is 17.7. The fourth-order valence-corrected chi connectivity index (χ4v) is 1.49. The fraction of sp³-hybridized carbons (Fsp3) is 0.364. The third kappa shape index (κ3) is 3.47. The lowest BCUT2D eigenvalue weighted by molar-refractivity contribution is -0.143. The van der Waals surface area contributed by atoms with Gasteiger partial charge in [-0.3, -0.25) is 4.79 Å². The van der Waals surface area contributed by atoms with E-state index in [0.717, 1.165) is 0 Å². The number of carbonyl (C=O) groups is 1. The normalized spacial score (nSPS) is 13.2. The Morgan fingerprint density at radius 1 is 1.10 bits per heavy atom. The number of alkyl halides is 4. The van der Waals surface area contributed by atoms with Gasteiger partial charge in [-0.05, 0) is 6.42 Å². The van der Waals surface area contributed by atoms with E-state index in [9.17, 15) is 35.5 Å². The molecule has 1 aromatic carbocycles. The van der Waals surface area contributed by atoms with E-state index in [1.165, 1.54) is 12.2 Å². The van der Waals surface area contributed by atoms with Crippen molar-refractivity contribution >= 4 is 27.5 Å². The van der Waals surface area contributed by atoms with Crippen LogP contribution in [0.25, 0.3) is 0 Å². The molecule has 0 saturated heterocycles. The Kier molecular flexibility index (Phi) is 5.24. The smallest absolute Gasteiger partial charge is 0.320 e. The van der Waals surface area contributed by atoms with E-state index in [-0.39, 0.29) is 6.42 Å². The third-order valence-corrected chi connectivity index (χ3v) is 3.50. The van der Waals surface area contributed by atoms with Crippen LogP contribution in [0.3, 0.4) is 0 Å². The van der Waals surface area contributed by atoms with E-state index in [0.29, 0.717) is 0 Å². The number of anilines is 1. The van der Waals surface area contributed by atoms with Gasteiger partial charge in [0.05, 0.1) is 4.83 Å². The first-order valence-electron chi connectivity index (χ1n) is 5.40. The Bertz CT molecular complexity index is 544. The summed E-state index contributed by atoms with van der Waals surface area (Å²) < 4.78 is 90.4. The van der Waals surface area contributed by atoms with Gasteiger partial charge in [0.1, 0.15) is 11.3 Å². The zero-order chi connectivity index (χ0) is 16.5. The van der Waals surface area contributed by atoms with Crippen LogP contribution in [0, 0.1) is 23.3 Å². The van der Waals surface area contributed by atoms with Crippen molar-refractivity contribution in [2.75, 3.05) is 5.32 Å². The SMILES string of the molecule is CC[C@H](Br)C(=O)Nc1c(F)c(F)c(C(F)(F)F)c(F)c1F. The van der Waals surface area contributed by atoms with Crippen LogP contribution in [0.15, 0.2) is 0 Å². The molecule has 10 heteroatoms. The summed E-state index contributed by atoms with van der Waals surface area (Å²) in [5.74, 6) is -11.0. The molecular weight excluding hydrogens is 375 g/mol. The second-order valence-corrected chi connectivity index (χ2v) is 4.97. The lowest BCUT2D eigenvalue weighted by atomic mass is 10.1. The highest BCUT2D eigenvalue weighted by molar-refractivity contribution is 9.10. The van der Waals surface area contributed by atoms with Gasteiger partial charge < -0.3 is 5.32 Å². The minimum atomic E-state index is -5.63. The van der Waals surface area contributed by atoms with E-state index >= 15 is 0 Å². The average molecular weight is 382 g/mol. The number of halogens is 8. The molecule has 2 nitrogen and oxygen atoms in total. The highest BCUT2D eigenvalue weighted by Gasteiger charge is 2.42. The van der Waals surface area contributed by atoms with Gasteiger partial charge in [-0.15, -0.1) is 0 Å². The maximum atomic E-state index is 13.4. The van der Waals surface area contributed by atoms with Crippen molar-refractivity contribution < 1.29 is 35.5 Å². The molecule has 1 atom stereocenters. The van der Waals surface area contributed by atoms with Crippen molar-refractivity contribution in [3.05, 3.63) is 28.8 Å². The number of rotatable bonds is 3. The number of benzene rings is 1. The lowest BCUT2D eigenvalue weighted by Crippen LogP contribution is -2.25. The molecule has 0 saturated carbocycles. The summed E-state index contributed by atoms with van der Waals surface area (Å²) in [5, 5.41) is 1.51. The molecule has 0 aliphatic heterocycles. The number of hydrogen-bond acceptors (Lipinski definition) is 1. The van der Waals surface area contributed by atoms with Crippen LogP contribution in [-0.4, -0.2) is 10.7 Å². The van der Waals surface area contributed by atoms with Crippen molar-refractivity contribution in [1.29, 1.82) is 0 Å². The largest absolute Gasteiger partial charge is 0.422 e. The van der Waals surface area contributed by atoms with Crippen LogP contribution in [0.4, 0.5) is 36.4 Å². The number of nitrogens with one attached hydrogen (secondary N) is 1. The maximum Gasteiger partial charge on any atom is 0.422 e. The van der Waals surface area contributed by atoms with Gasteiger partial charge in [-0.2, -0.15) is 13.2 Å². The minimum absolute atomic E-state index is 0.167. The van der Waals surface area contributed by atoms with Gasteiger partial charge in [0.15, 0.2) is 23.3 Å². The Morgan fingerprint density at radius 2 is 1.52 bits per heavy atom. The minimum Gasteiger partial charge on any atom is -0.320 e. The second kappa shape index (κ2) is 6.20. The van der Waals surface area contributed by atoms with E-state index < -0.39 is 51.4 Å². The quantitative estimate of drug-likeness (QED) is 0.470. The molecule has 118 valence electrons. The first-order chi connectivity index (χ1) is 9.52. The van der Waals surface area contributed by atoms with Crippen molar-refractivity contribution in [2.45, 2.75) is 24.3 Å². The third-order valence-electron chi connectivity index (χ3n) is 2.44. The van der Waals surface area contributed by atoms with Gasteiger partial charge in [0.25, 0.3) is 0 Å². The molecule has 1 rings (SSSR count). The summed E-state index contributed by atoms with van der Waals surface area (Å²) >= 11 is 2.81. The second-order valence-electron chi connectivity index (χ2n) is 3.87. The van der Waals surface area contributed by atoms with E-state index in [1.807, 2.05) is 0 Å². The number of carbonyl (C=O) groups excluding carboxylic acids is 1. The van der Waals surface area contributed by atoms with Crippen LogP contribution in [-0.2, 0) is 11.0 Å². The monoisotopic (exact) mass is 381 g/mol. The Morgan fingerprint density at radius 3 is 1.86 bits per heavy atom. The van der Waals surface area contributed by atoms with Crippen molar-refractivity contribution in [3.63, 3.8) is 0 Å². The predicted octanol–water partition coefficient (Wildman–Crippen LogP) is 4.37. The van der Waals surface area contributed by atoms with Crippen molar-refractivity contribution in [3.8, 4) is 0 Å². The zero-order valence-corrected chi connectivity index (χ0v) is 11.8. The van der Waals surface area contributed by atoms with Gasteiger partial charge in [0.2, 0.25) is 5.91 Å². The van der Waals surface area contributed by atoms with Crippen molar-refractivity contribution in [1.82, 2.24) is 0 Å². The molecule has 0 heterocycles. The number of amides is 1. The van der Waals surface area contributed by atoms with Crippen molar-refractivity contribution in [2.24, 2.45) is 0 Å². The van der Waals surface area contributed by atoms with E-state index in [1.54, 1.807) is 0 Å². The maximum absolute atomic E-state index is 13.4. The molecule has 1 amide bonds. The molecule has 0 aliphatic rings. The molecule has 21 heavy (non-hydrogen) atoms. The summed E-state index contributed by atoms with van der Waals surface area (Å²) in [6.45, 7) is 1.51. The summed E-state index contributed by atoms with van der Waals surface area (Å²) in [6, 6.07) is 0. The van der Waals surface area contributed by atoms with Gasteiger partial charge in [-0.25, -0.2) is 17.6 Å². The fourth-order valence-electron chi connectivity index (χ4n) is 1.38. The first-order valence-corrected chi connectivity index (χ1v) is 6.31. The highest BCUT2D eigenvalue weighted by atomic mass is 79.9. The van der Waals surface area contributed by atoms with Crippen LogP contribution in [0.2, 0.25) is 0 Å². The van der Waals surface area contributed by atoms with Crippen LogP contribution in [0.5, 0.6) is 0 Å². The molecule has 0 aliphatic carbocycles. The molecule has 0 unspecified atom stereocenters. The molecular formula is C11H7BrF7NO. The zero-order valence-electron chi connectivity index (χ0n) is 10.2. The molecule has 1 aromatic rings. The van der Waals surface area contributed by atoms with Crippen LogP contribution in [0.1, 0.15) is 18.9 Å². The molecule has 0 radical (unpaired) electrons. The summed E-state index contributed by atoms with van der Waals surface area (Å²) in [7, 11) is 0. The average Bonchev–Trinajstić information content (AvgIpc) is 2.38. The lowest BCUT2D eigenvalue weighted by Gasteiger charge is -2.15. The molecule has 1 N–H and O–H groups in total. The summed E-state index contributed by atoms with van der Waals surface area (Å²) in [6.07, 6.45) is -5.46. The number of hydrogen-bond donors (Lipinski definition) is 1. The van der Waals surface area contributed by atoms with Gasteiger partial charge in [-0.1, -0.05) is 22.9 Å². The Labute approximate surface area is 122 Å². The summed E-state index contributed by atoms with van der Waals surface area (Å²) in [5.41, 5.74) is -4.30. The predicted molar refractivity (Wildman–Crippen MR) is 62.9 cm³/mol. The molecule has 0 bridgehead atoms. The topological polar surface area (TPSA) is 29.1 Å². The van der Waals surface area contributed by atoms with Gasteiger partial charge >= 0.3 is 6.18 Å². The Hall–Kier alpha value is -1.32.